The SMILES string of the molecule is CC(C)(C)c1ccc(F)c(CNC(=O)Cc2cccc(C#Cc3cnc(N)nc3)c2)c1. The lowest BCUT2D eigenvalue weighted by molar-refractivity contribution is -0.120. The van der Waals surface area contributed by atoms with Gasteiger partial charge in [0.05, 0.1) is 12.0 Å². The number of carbonyl (C=O) groups is 1. The molecule has 0 unspecified atom stereocenters. The van der Waals surface area contributed by atoms with E-state index >= 15 is 0 Å². The summed E-state index contributed by atoms with van der Waals surface area (Å²) in [7, 11) is 0. The second-order valence-electron chi connectivity index (χ2n) is 8.29. The maximum absolute atomic E-state index is 14.2. The highest BCUT2D eigenvalue weighted by atomic mass is 19.1. The summed E-state index contributed by atoms with van der Waals surface area (Å²) < 4.78 is 14.2. The number of nitrogens with two attached hydrogens (primary N) is 1. The van der Waals surface area contributed by atoms with Crippen molar-refractivity contribution in [1.82, 2.24) is 15.3 Å². The highest BCUT2D eigenvalue weighted by Crippen LogP contribution is 2.24. The van der Waals surface area contributed by atoms with Crippen LogP contribution in [0.4, 0.5) is 10.3 Å². The third kappa shape index (κ3) is 6.38. The van der Waals surface area contributed by atoms with Gasteiger partial charge in [-0.15, -0.1) is 0 Å². The van der Waals surface area contributed by atoms with Crippen molar-refractivity contribution in [3.63, 3.8) is 0 Å². The van der Waals surface area contributed by atoms with Crippen molar-refractivity contribution in [3.8, 4) is 11.8 Å². The van der Waals surface area contributed by atoms with Crippen LogP contribution in [0.5, 0.6) is 0 Å². The molecular formula is C25H25FN4O. The molecule has 3 aromatic rings. The van der Waals surface area contributed by atoms with E-state index in [0.29, 0.717) is 11.1 Å². The van der Waals surface area contributed by atoms with E-state index in [-0.39, 0.29) is 36.1 Å². The summed E-state index contributed by atoms with van der Waals surface area (Å²) in [4.78, 5) is 20.2. The first-order valence-electron chi connectivity index (χ1n) is 9.95. The van der Waals surface area contributed by atoms with Gasteiger partial charge in [-0.05, 0) is 34.7 Å². The highest BCUT2D eigenvalue weighted by Gasteiger charge is 2.16. The predicted octanol–water partition coefficient (Wildman–Crippen LogP) is 3.75. The fraction of sp³-hybridized carbons (Fsp3) is 0.240. The highest BCUT2D eigenvalue weighted by molar-refractivity contribution is 5.78. The van der Waals surface area contributed by atoms with Gasteiger partial charge < -0.3 is 11.1 Å². The Kier molecular flexibility index (Phi) is 6.66. The van der Waals surface area contributed by atoms with Crippen molar-refractivity contribution in [2.75, 3.05) is 5.73 Å². The second kappa shape index (κ2) is 9.40. The first-order chi connectivity index (χ1) is 14.7. The Bertz CT molecular complexity index is 1140. The van der Waals surface area contributed by atoms with Crippen LogP contribution < -0.4 is 11.1 Å². The molecule has 3 N–H and O–H groups in total. The molecule has 0 fully saturated rings. The molecule has 1 heterocycles. The van der Waals surface area contributed by atoms with Crippen LogP contribution in [0.1, 0.15) is 48.6 Å². The topological polar surface area (TPSA) is 80.9 Å². The van der Waals surface area contributed by atoms with Gasteiger partial charge in [0.25, 0.3) is 0 Å². The number of hydrogen-bond donors (Lipinski definition) is 2. The molecule has 158 valence electrons. The molecule has 0 saturated carbocycles. The van der Waals surface area contributed by atoms with Crippen molar-refractivity contribution in [1.29, 1.82) is 0 Å². The Morgan fingerprint density at radius 3 is 2.48 bits per heavy atom. The quantitative estimate of drug-likeness (QED) is 0.635. The zero-order chi connectivity index (χ0) is 22.4. The normalized spacial score (nSPS) is 10.8. The fourth-order valence-electron chi connectivity index (χ4n) is 2.92. The Morgan fingerprint density at radius 2 is 1.77 bits per heavy atom. The van der Waals surface area contributed by atoms with Crippen molar-refractivity contribution < 1.29 is 9.18 Å². The van der Waals surface area contributed by atoms with Crippen molar-refractivity contribution in [3.05, 3.63) is 88.5 Å². The molecule has 31 heavy (non-hydrogen) atoms. The molecule has 3 rings (SSSR count). The average Bonchev–Trinajstić information content (AvgIpc) is 2.72. The lowest BCUT2D eigenvalue weighted by Crippen LogP contribution is -2.25. The van der Waals surface area contributed by atoms with E-state index in [1.807, 2.05) is 30.3 Å². The summed E-state index contributed by atoms with van der Waals surface area (Å²) in [6.07, 6.45) is 3.29. The summed E-state index contributed by atoms with van der Waals surface area (Å²) >= 11 is 0. The van der Waals surface area contributed by atoms with E-state index in [2.05, 4.69) is 47.9 Å². The van der Waals surface area contributed by atoms with Crippen molar-refractivity contribution >= 4 is 11.9 Å². The first-order valence-corrected chi connectivity index (χ1v) is 9.95. The predicted molar refractivity (Wildman–Crippen MR) is 120 cm³/mol. The summed E-state index contributed by atoms with van der Waals surface area (Å²) in [5.41, 5.74) is 9.12. The lowest BCUT2D eigenvalue weighted by Gasteiger charge is -2.20. The minimum Gasteiger partial charge on any atom is -0.368 e. The Labute approximate surface area is 181 Å². The molecule has 0 aliphatic heterocycles. The third-order valence-corrected chi connectivity index (χ3v) is 4.70. The van der Waals surface area contributed by atoms with Gasteiger partial charge in [0.1, 0.15) is 5.82 Å². The largest absolute Gasteiger partial charge is 0.368 e. The van der Waals surface area contributed by atoms with E-state index in [1.165, 1.54) is 6.07 Å². The Morgan fingerprint density at radius 1 is 1.06 bits per heavy atom. The maximum atomic E-state index is 14.2. The fourth-order valence-corrected chi connectivity index (χ4v) is 2.92. The molecule has 0 bridgehead atoms. The number of aromatic nitrogens is 2. The van der Waals surface area contributed by atoms with Gasteiger partial charge in [-0.3, -0.25) is 4.79 Å². The van der Waals surface area contributed by atoms with Crippen LogP contribution >= 0.6 is 0 Å². The number of benzene rings is 2. The molecule has 1 amide bonds. The average molecular weight is 417 g/mol. The van der Waals surface area contributed by atoms with E-state index in [1.54, 1.807) is 18.5 Å². The van der Waals surface area contributed by atoms with Crippen LogP contribution in [0.15, 0.2) is 54.9 Å². The number of anilines is 1. The Hall–Kier alpha value is -3.72. The number of rotatable bonds is 4. The van der Waals surface area contributed by atoms with Crippen LogP contribution in [0.2, 0.25) is 0 Å². The Balaban J connectivity index is 1.63. The molecule has 6 heteroatoms. The monoisotopic (exact) mass is 416 g/mol. The molecule has 0 aliphatic carbocycles. The number of nitrogens with one attached hydrogen (secondary N) is 1. The number of hydrogen-bond acceptors (Lipinski definition) is 4. The van der Waals surface area contributed by atoms with Crippen molar-refractivity contribution in [2.45, 2.75) is 39.2 Å². The van der Waals surface area contributed by atoms with E-state index < -0.39 is 0 Å². The molecule has 0 aliphatic rings. The van der Waals surface area contributed by atoms with Gasteiger partial charge in [0.2, 0.25) is 11.9 Å². The van der Waals surface area contributed by atoms with Crippen LogP contribution in [-0.2, 0) is 23.2 Å². The second-order valence-corrected chi connectivity index (χ2v) is 8.29. The minimum absolute atomic E-state index is 0.0909. The molecular weight excluding hydrogens is 391 g/mol. The number of halogens is 1. The summed E-state index contributed by atoms with van der Waals surface area (Å²) in [5.74, 6) is 5.69. The summed E-state index contributed by atoms with van der Waals surface area (Å²) in [6, 6.07) is 12.5. The lowest BCUT2D eigenvalue weighted by atomic mass is 9.86. The van der Waals surface area contributed by atoms with Crippen LogP contribution in [0.3, 0.4) is 0 Å². The minimum atomic E-state index is -0.322. The molecule has 0 saturated heterocycles. The number of nitrogens with zero attached hydrogens (tertiary/aromatic N) is 2. The van der Waals surface area contributed by atoms with E-state index in [0.717, 1.165) is 16.7 Å². The zero-order valence-electron chi connectivity index (χ0n) is 17.9. The van der Waals surface area contributed by atoms with Gasteiger partial charge in [-0.1, -0.05) is 56.9 Å². The van der Waals surface area contributed by atoms with E-state index in [4.69, 9.17) is 5.73 Å². The van der Waals surface area contributed by atoms with Gasteiger partial charge in [0.15, 0.2) is 0 Å². The van der Waals surface area contributed by atoms with Crippen LogP contribution in [0.25, 0.3) is 0 Å². The third-order valence-electron chi connectivity index (χ3n) is 4.70. The van der Waals surface area contributed by atoms with Gasteiger partial charge >= 0.3 is 0 Å². The molecule has 1 aromatic heterocycles. The standard InChI is InChI=1S/C25H25FN4O/c1-25(2,3)21-9-10-22(26)20(13-21)16-28-23(31)12-18-6-4-5-17(11-18)7-8-19-14-29-24(27)30-15-19/h4-6,9-11,13-15H,12,16H2,1-3H3,(H,28,31)(H2,27,29,30). The van der Waals surface area contributed by atoms with Gasteiger partial charge in [-0.2, -0.15) is 0 Å². The molecule has 2 aromatic carbocycles. The number of amides is 1. The smallest absolute Gasteiger partial charge is 0.224 e. The number of nitrogen functional groups attached to an aromatic ring is 1. The molecule has 5 nitrogen and oxygen atoms in total. The van der Waals surface area contributed by atoms with E-state index in [9.17, 15) is 9.18 Å². The van der Waals surface area contributed by atoms with Crippen LogP contribution in [-0.4, -0.2) is 15.9 Å². The molecule has 0 radical (unpaired) electrons. The van der Waals surface area contributed by atoms with Gasteiger partial charge in [-0.25, -0.2) is 14.4 Å². The molecule has 0 spiro atoms. The maximum Gasteiger partial charge on any atom is 0.224 e. The van der Waals surface area contributed by atoms with Gasteiger partial charge in [0, 0.05) is 30.1 Å². The molecule has 0 atom stereocenters. The zero-order valence-corrected chi connectivity index (χ0v) is 17.9. The van der Waals surface area contributed by atoms with Crippen molar-refractivity contribution in [2.24, 2.45) is 0 Å². The first kappa shape index (κ1) is 22.0. The summed E-state index contributed by atoms with van der Waals surface area (Å²) in [6.45, 7) is 6.35. The number of carbonyl (C=O) groups excluding carboxylic acids is 1. The summed E-state index contributed by atoms with van der Waals surface area (Å²) in [5, 5.41) is 2.81. The van der Waals surface area contributed by atoms with Crippen LogP contribution in [0, 0.1) is 17.7 Å².